The van der Waals surface area contributed by atoms with Crippen molar-refractivity contribution in [2.24, 2.45) is 0 Å². The number of benzene rings is 2. The number of hydrogen-bond acceptors (Lipinski definition) is 7. The summed E-state index contributed by atoms with van der Waals surface area (Å²) in [7, 11) is -3.65. The second-order valence-corrected chi connectivity index (χ2v) is 11.7. The van der Waals surface area contributed by atoms with E-state index in [0.717, 1.165) is 5.56 Å². The number of ether oxygens (including phenoxy) is 1. The van der Waals surface area contributed by atoms with E-state index in [1.807, 2.05) is 31.2 Å². The van der Waals surface area contributed by atoms with Crippen molar-refractivity contribution in [2.75, 3.05) is 36.5 Å². The average Bonchev–Trinajstić information content (AvgIpc) is 3.73. The van der Waals surface area contributed by atoms with Crippen molar-refractivity contribution in [1.82, 2.24) is 15.3 Å². The first-order chi connectivity index (χ1) is 17.8. The van der Waals surface area contributed by atoms with E-state index in [-0.39, 0.29) is 12.1 Å². The third-order valence-electron chi connectivity index (χ3n) is 6.85. The van der Waals surface area contributed by atoms with Crippen LogP contribution in [0.1, 0.15) is 32.4 Å². The smallest absolute Gasteiger partial charge is 0.319 e. The minimum Gasteiger partial charge on any atom is -0.377 e. The Morgan fingerprint density at radius 2 is 1.84 bits per heavy atom. The fourth-order valence-corrected chi connectivity index (χ4v) is 6.64. The van der Waals surface area contributed by atoms with Crippen molar-refractivity contribution < 1.29 is 17.9 Å². The van der Waals surface area contributed by atoms with E-state index in [4.69, 9.17) is 14.7 Å². The zero-order chi connectivity index (χ0) is 26.0. The summed E-state index contributed by atoms with van der Waals surface area (Å²) >= 11 is 0. The molecule has 1 saturated carbocycles. The first kappa shape index (κ1) is 25.2. The maximum Gasteiger partial charge on any atom is 0.319 e. The molecule has 2 aromatic carbocycles. The van der Waals surface area contributed by atoms with Crippen LogP contribution in [0.15, 0.2) is 65.6 Å². The summed E-state index contributed by atoms with van der Waals surface area (Å²) in [4.78, 5) is 24.0. The molecule has 10 heteroatoms. The van der Waals surface area contributed by atoms with Gasteiger partial charge in [0.15, 0.2) is 15.7 Å². The average molecular weight is 522 g/mol. The van der Waals surface area contributed by atoms with Crippen LogP contribution < -0.4 is 15.5 Å². The highest BCUT2D eigenvalue weighted by atomic mass is 32.2. The van der Waals surface area contributed by atoms with Gasteiger partial charge in [0.1, 0.15) is 10.6 Å². The van der Waals surface area contributed by atoms with Gasteiger partial charge in [-0.2, -0.15) is 0 Å². The van der Waals surface area contributed by atoms with E-state index in [0.29, 0.717) is 67.1 Å². The van der Waals surface area contributed by atoms with Crippen LogP contribution in [-0.2, 0) is 19.3 Å². The molecule has 194 valence electrons. The Morgan fingerprint density at radius 3 is 2.49 bits per heavy atom. The van der Waals surface area contributed by atoms with Gasteiger partial charge in [-0.25, -0.2) is 23.2 Å². The van der Waals surface area contributed by atoms with Crippen LogP contribution in [0.25, 0.3) is 11.4 Å². The molecule has 0 radical (unpaired) electrons. The Bertz CT molecular complexity index is 1380. The predicted molar refractivity (Wildman–Crippen MR) is 142 cm³/mol. The molecule has 1 aliphatic heterocycles. The van der Waals surface area contributed by atoms with Crippen LogP contribution in [0.3, 0.4) is 0 Å². The number of amides is 2. The number of nitrogens with one attached hydrogen (secondary N) is 2. The van der Waals surface area contributed by atoms with Gasteiger partial charge < -0.3 is 20.3 Å². The number of carbonyl (C=O) groups is 1. The second-order valence-electron chi connectivity index (χ2n) is 9.42. The van der Waals surface area contributed by atoms with E-state index < -0.39 is 14.6 Å². The fourth-order valence-electron chi connectivity index (χ4n) is 4.65. The quantitative estimate of drug-likeness (QED) is 0.484. The van der Waals surface area contributed by atoms with Crippen LogP contribution in [0.2, 0.25) is 0 Å². The first-order valence-electron chi connectivity index (χ1n) is 12.5. The number of aromatic nitrogens is 2. The molecule has 2 fully saturated rings. The molecule has 5 rings (SSSR count). The number of hydrogen-bond donors (Lipinski definition) is 2. The summed E-state index contributed by atoms with van der Waals surface area (Å²) in [6.45, 7) is 6.25. The van der Waals surface area contributed by atoms with E-state index in [9.17, 15) is 13.2 Å². The van der Waals surface area contributed by atoms with Gasteiger partial charge >= 0.3 is 6.03 Å². The van der Waals surface area contributed by atoms with Crippen molar-refractivity contribution in [1.29, 1.82) is 0 Å². The molecule has 2 amide bonds. The lowest BCUT2D eigenvalue weighted by Gasteiger charge is -2.34. The molecule has 37 heavy (non-hydrogen) atoms. The lowest BCUT2D eigenvalue weighted by Crippen LogP contribution is -2.44. The molecule has 1 saturated heterocycles. The number of anilines is 2. The van der Waals surface area contributed by atoms with Crippen LogP contribution in [0.5, 0.6) is 0 Å². The van der Waals surface area contributed by atoms with Crippen molar-refractivity contribution in [3.63, 3.8) is 0 Å². The summed E-state index contributed by atoms with van der Waals surface area (Å²) in [6.07, 6.45) is 1.02. The maximum atomic E-state index is 13.8. The monoisotopic (exact) mass is 521 g/mol. The lowest BCUT2D eigenvalue weighted by atomic mass is 10.1. The Hall–Kier alpha value is -3.50. The molecule has 0 spiro atoms. The minimum absolute atomic E-state index is 0.0916. The zero-order valence-corrected chi connectivity index (χ0v) is 21.8. The summed E-state index contributed by atoms with van der Waals surface area (Å²) in [6, 6.07) is 17.5. The first-order valence-corrected chi connectivity index (χ1v) is 14.0. The number of carbonyl (C=O) groups excluding carboxylic acids is 1. The molecular weight excluding hydrogens is 490 g/mol. The highest BCUT2D eigenvalue weighted by Crippen LogP contribution is 2.55. The van der Waals surface area contributed by atoms with Gasteiger partial charge in [0, 0.05) is 30.4 Å². The predicted octanol–water partition coefficient (Wildman–Crippen LogP) is 3.97. The van der Waals surface area contributed by atoms with Crippen LogP contribution in [-0.4, -0.2) is 56.8 Å². The molecular formula is C27H31N5O4S. The normalized spacial score (nSPS) is 18.8. The Labute approximate surface area is 217 Å². The number of nitrogens with zero attached hydrogens (tertiary/aromatic N) is 3. The topological polar surface area (TPSA) is 114 Å². The van der Waals surface area contributed by atoms with Crippen molar-refractivity contribution >= 4 is 27.4 Å². The summed E-state index contributed by atoms with van der Waals surface area (Å²) < 4.78 is 32.1. The Morgan fingerprint density at radius 1 is 1.11 bits per heavy atom. The molecule has 1 aromatic heterocycles. The maximum absolute atomic E-state index is 13.8. The van der Waals surface area contributed by atoms with Crippen molar-refractivity contribution in [2.45, 2.75) is 42.4 Å². The van der Waals surface area contributed by atoms with Gasteiger partial charge in [-0.3, -0.25) is 0 Å². The summed E-state index contributed by atoms with van der Waals surface area (Å²) in [5.41, 5.74) is 1.89. The van der Waals surface area contributed by atoms with E-state index in [1.54, 1.807) is 36.4 Å². The molecule has 2 aliphatic rings. The Balaban J connectivity index is 1.56. The van der Waals surface area contributed by atoms with Gasteiger partial charge in [0.05, 0.1) is 29.8 Å². The summed E-state index contributed by atoms with van der Waals surface area (Å²) in [5, 5.41) is 5.48. The zero-order valence-electron chi connectivity index (χ0n) is 21.0. The van der Waals surface area contributed by atoms with E-state index in [1.165, 1.54) is 0 Å². The molecule has 1 atom stereocenters. The van der Waals surface area contributed by atoms with Gasteiger partial charge in [-0.1, -0.05) is 18.2 Å². The number of morpholine rings is 1. The molecule has 0 unspecified atom stereocenters. The third kappa shape index (κ3) is 4.91. The summed E-state index contributed by atoms with van der Waals surface area (Å²) in [5.74, 6) is 1.14. The van der Waals surface area contributed by atoms with Gasteiger partial charge in [0.25, 0.3) is 0 Å². The van der Waals surface area contributed by atoms with Gasteiger partial charge in [-0.05, 0) is 63.1 Å². The fraction of sp³-hybridized carbons (Fsp3) is 0.370. The number of sulfone groups is 1. The lowest BCUT2D eigenvalue weighted by molar-refractivity contribution is 0.0985. The molecule has 0 bridgehead atoms. The Kier molecular flexibility index (Phi) is 6.87. The number of rotatable bonds is 7. The second kappa shape index (κ2) is 10.1. The standard InChI is InChI=1S/C27H31N5O4S/c1-3-28-26(33)29-21-11-9-20(10-12-21)25-30-23(17-24(31-25)32-15-16-36-18-19(32)2)27(13-14-27)37(34,35)22-7-5-4-6-8-22/h4-12,17,19H,3,13-16,18H2,1-2H3,(H2,28,29,33)/t19-/m1/s1. The van der Waals surface area contributed by atoms with E-state index >= 15 is 0 Å². The van der Waals surface area contributed by atoms with E-state index in [2.05, 4.69) is 22.5 Å². The third-order valence-corrected chi connectivity index (χ3v) is 9.39. The van der Waals surface area contributed by atoms with Crippen molar-refractivity contribution in [3.8, 4) is 11.4 Å². The van der Waals surface area contributed by atoms with Crippen molar-refractivity contribution in [3.05, 3.63) is 66.4 Å². The van der Waals surface area contributed by atoms with Crippen LogP contribution >= 0.6 is 0 Å². The van der Waals surface area contributed by atoms with Crippen LogP contribution in [0.4, 0.5) is 16.3 Å². The SMILES string of the molecule is CCNC(=O)Nc1ccc(-c2nc(N3CCOC[C@H]3C)cc(C3(S(=O)(=O)c4ccccc4)CC3)n2)cc1. The molecule has 1 aliphatic carbocycles. The molecule has 2 heterocycles. The highest BCUT2D eigenvalue weighted by Gasteiger charge is 2.58. The molecule has 3 aromatic rings. The number of urea groups is 1. The van der Waals surface area contributed by atoms with Gasteiger partial charge in [0.2, 0.25) is 0 Å². The molecule has 9 nitrogen and oxygen atoms in total. The largest absolute Gasteiger partial charge is 0.377 e. The minimum atomic E-state index is -3.65. The molecule has 2 N–H and O–H groups in total. The van der Waals surface area contributed by atoms with Crippen LogP contribution in [0, 0.1) is 0 Å². The highest BCUT2D eigenvalue weighted by molar-refractivity contribution is 7.92. The van der Waals surface area contributed by atoms with Gasteiger partial charge in [-0.15, -0.1) is 0 Å².